The van der Waals surface area contributed by atoms with E-state index in [1.807, 2.05) is 6.92 Å². The average molecular weight is 269 g/mol. The largest absolute Gasteiger partial charge is 0.438 e. The van der Waals surface area contributed by atoms with Crippen molar-refractivity contribution in [3.63, 3.8) is 0 Å². The van der Waals surface area contributed by atoms with E-state index in [-0.39, 0.29) is 17.4 Å². The minimum absolute atomic E-state index is 0.00495. The number of nitrogens with zero attached hydrogens (tertiary/aromatic N) is 1. The minimum atomic E-state index is -0.104. The van der Waals surface area contributed by atoms with Crippen LogP contribution >= 0.6 is 0 Å². The summed E-state index contributed by atoms with van der Waals surface area (Å²) in [5, 5.41) is 0. The molecule has 102 valence electrons. The number of hydrogen-bond donors (Lipinski definition) is 0. The van der Waals surface area contributed by atoms with Gasteiger partial charge in [-0.3, -0.25) is 9.59 Å². The highest BCUT2D eigenvalue weighted by molar-refractivity contribution is 5.96. The van der Waals surface area contributed by atoms with Gasteiger partial charge in [0, 0.05) is 11.3 Å². The number of benzene rings is 1. The number of Topliss-reactive ketones (excluding diaryl/α,β-unsaturated/α-hetero) is 2. The lowest BCUT2D eigenvalue weighted by Crippen LogP contribution is -2.01. The highest BCUT2D eigenvalue weighted by Gasteiger charge is 2.11. The molecule has 0 amide bonds. The molecule has 0 aliphatic rings. The van der Waals surface area contributed by atoms with Gasteiger partial charge in [0.25, 0.3) is 0 Å². The van der Waals surface area contributed by atoms with Crippen LogP contribution in [-0.2, 0) is 0 Å². The van der Waals surface area contributed by atoms with Crippen LogP contribution in [0.15, 0.2) is 36.4 Å². The van der Waals surface area contributed by atoms with Crippen molar-refractivity contribution in [2.45, 2.75) is 20.8 Å². The van der Waals surface area contributed by atoms with Gasteiger partial charge in [-0.15, -0.1) is 0 Å². The van der Waals surface area contributed by atoms with Crippen LogP contribution in [0.2, 0.25) is 0 Å². The molecule has 0 saturated heterocycles. The lowest BCUT2D eigenvalue weighted by Gasteiger charge is -2.09. The molecule has 0 saturated carbocycles. The van der Waals surface area contributed by atoms with Gasteiger partial charge < -0.3 is 4.74 Å². The Kier molecular flexibility index (Phi) is 3.94. The first kappa shape index (κ1) is 13.9. The predicted octanol–water partition coefficient (Wildman–Crippen LogP) is 3.59. The van der Waals surface area contributed by atoms with Gasteiger partial charge in [0.2, 0.25) is 5.88 Å². The summed E-state index contributed by atoms with van der Waals surface area (Å²) in [4.78, 5) is 27.0. The molecule has 0 spiro atoms. The molecule has 4 nitrogen and oxygen atoms in total. The Hall–Kier alpha value is -2.49. The Balaban J connectivity index is 2.31. The first-order valence-electron chi connectivity index (χ1n) is 6.25. The Labute approximate surface area is 117 Å². The van der Waals surface area contributed by atoms with Gasteiger partial charge in [0.15, 0.2) is 11.6 Å². The molecule has 0 aliphatic heterocycles. The maximum Gasteiger partial charge on any atom is 0.230 e. The van der Waals surface area contributed by atoms with Crippen LogP contribution in [0.3, 0.4) is 0 Å². The molecule has 0 aliphatic carbocycles. The van der Waals surface area contributed by atoms with Crippen molar-refractivity contribution in [2.24, 2.45) is 0 Å². The summed E-state index contributed by atoms with van der Waals surface area (Å²) >= 11 is 0. The van der Waals surface area contributed by atoms with Crippen LogP contribution in [-0.4, -0.2) is 16.6 Å². The fraction of sp³-hybridized carbons (Fsp3) is 0.188. The SMILES string of the molecule is CC(=O)c1ccc(Oc2nc(C)ccc2C(C)=O)cc1. The summed E-state index contributed by atoms with van der Waals surface area (Å²) < 4.78 is 5.64. The summed E-state index contributed by atoms with van der Waals surface area (Å²) in [7, 11) is 0. The molecule has 0 atom stereocenters. The average Bonchev–Trinajstić information content (AvgIpc) is 2.39. The second-order valence-electron chi connectivity index (χ2n) is 4.54. The molecular weight excluding hydrogens is 254 g/mol. The molecule has 0 N–H and O–H groups in total. The topological polar surface area (TPSA) is 56.3 Å². The highest BCUT2D eigenvalue weighted by Crippen LogP contribution is 2.24. The van der Waals surface area contributed by atoms with Crippen molar-refractivity contribution in [3.8, 4) is 11.6 Å². The summed E-state index contributed by atoms with van der Waals surface area (Å²) in [6.45, 7) is 4.81. The standard InChI is InChI=1S/C16H15NO3/c1-10-4-9-15(12(3)19)16(17-10)20-14-7-5-13(6-8-14)11(2)18/h4-9H,1-3H3. The van der Waals surface area contributed by atoms with E-state index in [4.69, 9.17) is 4.74 Å². The molecule has 0 fully saturated rings. The maximum atomic E-state index is 11.5. The highest BCUT2D eigenvalue weighted by atomic mass is 16.5. The van der Waals surface area contributed by atoms with Crippen molar-refractivity contribution in [2.75, 3.05) is 0 Å². The first-order valence-corrected chi connectivity index (χ1v) is 6.25. The van der Waals surface area contributed by atoms with Gasteiger partial charge in [-0.1, -0.05) is 0 Å². The second kappa shape index (κ2) is 5.65. The minimum Gasteiger partial charge on any atom is -0.438 e. The van der Waals surface area contributed by atoms with Crippen LogP contribution in [0.25, 0.3) is 0 Å². The number of carbonyl (C=O) groups is 2. The number of ether oxygens (including phenoxy) is 1. The van der Waals surface area contributed by atoms with Crippen LogP contribution in [0, 0.1) is 6.92 Å². The molecule has 4 heteroatoms. The lowest BCUT2D eigenvalue weighted by molar-refractivity contribution is 0.100. The molecule has 0 radical (unpaired) electrons. The van der Waals surface area contributed by atoms with E-state index in [2.05, 4.69) is 4.98 Å². The van der Waals surface area contributed by atoms with Crippen molar-refractivity contribution in [3.05, 3.63) is 53.2 Å². The number of carbonyl (C=O) groups excluding carboxylic acids is 2. The van der Waals surface area contributed by atoms with Gasteiger partial charge in [-0.2, -0.15) is 0 Å². The third-order valence-electron chi connectivity index (χ3n) is 2.85. The van der Waals surface area contributed by atoms with Crippen molar-refractivity contribution in [1.29, 1.82) is 0 Å². The van der Waals surface area contributed by atoms with Crippen molar-refractivity contribution < 1.29 is 14.3 Å². The maximum absolute atomic E-state index is 11.5. The fourth-order valence-electron chi connectivity index (χ4n) is 1.75. The van der Waals surface area contributed by atoms with Crippen LogP contribution in [0.1, 0.15) is 40.3 Å². The number of aromatic nitrogens is 1. The van der Waals surface area contributed by atoms with Gasteiger partial charge in [0.1, 0.15) is 5.75 Å². The molecule has 1 aromatic heterocycles. The summed E-state index contributed by atoms with van der Waals surface area (Å²) in [6.07, 6.45) is 0. The normalized spacial score (nSPS) is 10.2. The van der Waals surface area contributed by atoms with Crippen molar-refractivity contribution in [1.82, 2.24) is 4.98 Å². The van der Waals surface area contributed by atoms with Gasteiger partial charge in [-0.25, -0.2) is 4.98 Å². The summed E-state index contributed by atoms with van der Waals surface area (Å²) in [6, 6.07) is 10.2. The molecule has 0 unspecified atom stereocenters. The fourth-order valence-corrected chi connectivity index (χ4v) is 1.75. The number of pyridine rings is 1. The van der Waals surface area contributed by atoms with E-state index in [9.17, 15) is 9.59 Å². The Morgan fingerprint density at radius 3 is 2.15 bits per heavy atom. The zero-order valence-corrected chi connectivity index (χ0v) is 11.6. The van der Waals surface area contributed by atoms with E-state index in [0.717, 1.165) is 5.69 Å². The van der Waals surface area contributed by atoms with Crippen LogP contribution in [0.5, 0.6) is 11.6 Å². The number of ketones is 2. The van der Waals surface area contributed by atoms with Crippen LogP contribution in [0.4, 0.5) is 0 Å². The smallest absolute Gasteiger partial charge is 0.230 e. The van der Waals surface area contributed by atoms with E-state index in [1.54, 1.807) is 36.4 Å². The second-order valence-corrected chi connectivity index (χ2v) is 4.54. The van der Waals surface area contributed by atoms with Gasteiger partial charge >= 0.3 is 0 Å². The van der Waals surface area contributed by atoms with E-state index in [1.165, 1.54) is 13.8 Å². The Bertz CT molecular complexity index is 660. The molecule has 2 aromatic rings. The third kappa shape index (κ3) is 3.09. The van der Waals surface area contributed by atoms with Crippen molar-refractivity contribution >= 4 is 11.6 Å². The molecule has 0 bridgehead atoms. The zero-order valence-electron chi connectivity index (χ0n) is 11.6. The third-order valence-corrected chi connectivity index (χ3v) is 2.85. The van der Waals surface area contributed by atoms with Gasteiger partial charge in [-0.05, 0) is 57.2 Å². The molecule has 1 heterocycles. The zero-order chi connectivity index (χ0) is 14.7. The molecule has 2 rings (SSSR count). The number of rotatable bonds is 4. The predicted molar refractivity (Wildman–Crippen MR) is 75.5 cm³/mol. The lowest BCUT2D eigenvalue weighted by atomic mass is 10.1. The Morgan fingerprint density at radius 2 is 1.60 bits per heavy atom. The van der Waals surface area contributed by atoms with E-state index >= 15 is 0 Å². The molecule has 20 heavy (non-hydrogen) atoms. The quantitative estimate of drug-likeness (QED) is 0.796. The van der Waals surface area contributed by atoms with E-state index in [0.29, 0.717) is 16.9 Å². The first-order chi connectivity index (χ1) is 9.47. The summed E-state index contributed by atoms with van der Waals surface area (Å²) in [5.74, 6) is 0.714. The Morgan fingerprint density at radius 1 is 0.950 bits per heavy atom. The van der Waals surface area contributed by atoms with Gasteiger partial charge in [0.05, 0.1) is 5.56 Å². The van der Waals surface area contributed by atoms with E-state index < -0.39 is 0 Å². The molecule has 1 aromatic carbocycles. The van der Waals surface area contributed by atoms with Crippen LogP contribution < -0.4 is 4.74 Å². The monoisotopic (exact) mass is 269 g/mol. The summed E-state index contributed by atoms with van der Waals surface area (Å²) in [5.41, 5.74) is 1.82. The number of hydrogen-bond acceptors (Lipinski definition) is 4. The molecular formula is C16H15NO3. The number of aryl methyl sites for hydroxylation is 1.